The molecule has 1 unspecified atom stereocenters. The molecule has 1 aromatic carbocycles. The van der Waals surface area contributed by atoms with Crippen LogP contribution in [-0.2, 0) is 0 Å². The van der Waals surface area contributed by atoms with E-state index in [0.717, 1.165) is 6.07 Å². The molecule has 3 nitrogen and oxygen atoms in total. The van der Waals surface area contributed by atoms with Gasteiger partial charge in [-0.05, 0) is 18.6 Å². The van der Waals surface area contributed by atoms with Crippen LogP contribution in [0.1, 0.15) is 18.9 Å². The standard InChI is InChI=1S/C11H12FNO2/c1-2-9(14)7-15-10-4-3-8(6-13)11(12)5-10/h3-5,9,14H,2,7H2,1H3. The lowest BCUT2D eigenvalue weighted by molar-refractivity contribution is 0.104. The molecule has 80 valence electrons. The van der Waals surface area contributed by atoms with Crippen LogP contribution in [0.15, 0.2) is 18.2 Å². The summed E-state index contributed by atoms with van der Waals surface area (Å²) in [6.45, 7) is 1.95. The third kappa shape index (κ3) is 3.22. The number of hydrogen-bond donors (Lipinski definition) is 1. The number of rotatable bonds is 4. The smallest absolute Gasteiger partial charge is 0.144 e. The lowest BCUT2D eigenvalue weighted by Crippen LogP contribution is -2.16. The number of hydrogen-bond acceptors (Lipinski definition) is 3. The monoisotopic (exact) mass is 209 g/mol. The second-order valence-corrected chi connectivity index (χ2v) is 3.13. The lowest BCUT2D eigenvalue weighted by atomic mass is 10.2. The summed E-state index contributed by atoms with van der Waals surface area (Å²) in [5.74, 6) is -0.292. The minimum atomic E-state index is -0.610. The Morgan fingerprint density at radius 3 is 2.87 bits per heavy atom. The zero-order valence-electron chi connectivity index (χ0n) is 8.40. The van der Waals surface area contributed by atoms with E-state index < -0.39 is 11.9 Å². The Balaban J connectivity index is 2.64. The van der Waals surface area contributed by atoms with E-state index in [1.165, 1.54) is 12.1 Å². The van der Waals surface area contributed by atoms with Crippen molar-refractivity contribution in [2.45, 2.75) is 19.4 Å². The fraction of sp³-hybridized carbons (Fsp3) is 0.364. The van der Waals surface area contributed by atoms with E-state index in [1.54, 1.807) is 6.07 Å². The van der Waals surface area contributed by atoms with Crippen molar-refractivity contribution >= 4 is 0 Å². The van der Waals surface area contributed by atoms with Crippen molar-refractivity contribution in [1.82, 2.24) is 0 Å². The van der Waals surface area contributed by atoms with E-state index in [4.69, 9.17) is 10.00 Å². The van der Waals surface area contributed by atoms with Gasteiger partial charge in [-0.15, -0.1) is 0 Å². The number of ether oxygens (including phenoxy) is 1. The fourth-order valence-corrected chi connectivity index (χ4v) is 0.987. The van der Waals surface area contributed by atoms with E-state index in [1.807, 2.05) is 6.92 Å². The average molecular weight is 209 g/mol. The van der Waals surface area contributed by atoms with Crippen LogP contribution in [0.25, 0.3) is 0 Å². The summed E-state index contributed by atoms with van der Waals surface area (Å²) >= 11 is 0. The van der Waals surface area contributed by atoms with E-state index in [9.17, 15) is 9.50 Å². The van der Waals surface area contributed by atoms with Crippen LogP contribution in [0.3, 0.4) is 0 Å². The van der Waals surface area contributed by atoms with Crippen LogP contribution in [0.4, 0.5) is 4.39 Å². The first-order valence-corrected chi connectivity index (χ1v) is 4.68. The summed E-state index contributed by atoms with van der Waals surface area (Å²) in [6.07, 6.45) is 0.0300. The molecule has 0 aromatic heterocycles. The molecule has 1 aromatic rings. The number of nitrogens with zero attached hydrogens (tertiary/aromatic N) is 1. The Morgan fingerprint density at radius 1 is 1.60 bits per heavy atom. The molecule has 1 atom stereocenters. The van der Waals surface area contributed by atoms with Gasteiger partial charge in [0.25, 0.3) is 0 Å². The van der Waals surface area contributed by atoms with Crippen LogP contribution < -0.4 is 4.74 Å². The largest absolute Gasteiger partial charge is 0.491 e. The van der Waals surface area contributed by atoms with E-state index >= 15 is 0 Å². The second kappa shape index (κ2) is 5.32. The van der Waals surface area contributed by atoms with Crippen LogP contribution in [0.5, 0.6) is 5.75 Å². The van der Waals surface area contributed by atoms with Crippen LogP contribution in [0.2, 0.25) is 0 Å². The van der Waals surface area contributed by atoms with Gasteiger partial charge in [0.05, 0.1) is 11.7 Å². The molecule has 0 aliphatic heterocycles. The first-order chi connectivity index (χ1) is 7.17. The van der Waals surface area contributed by atoms with Gasteiger partial charge in [-0.3, -0.25) is 0 Å². The van der Waals surface area contributed by atoms with Crippen LogP contribution >= 0.6 is 0 Å². The lowest BCUT2D eigenvalue weighted by Gasteiger charge is -2.10. The molecule has 0 amide bonds. The SMILES string of the molecule is CCC(O)COc1ccc(C#N)c(F)c1. The molecule has 0 bridgehead atoms. The molecule has 4 heteroatoms. The molecule has 0 spiro atoms. The van der Waals surface area contributed by atoms with Crippen molar-refractivity contribution in [3.63, 3.8) is 0 Å². The minimum absolute atomic E-state index is 0.0154. The molecule has 15 heavy (non-hydrogen) atoms. The van der Waals surface area contributed by atoms with Gasteiger partial charge in [0.2, 0.25) is 0 Å². The van der Waals surface area contributed by atoms with Gasteiger partial charge in [-0.1, -0.05) is 6.92 Å². The number of aliphatic hydroxyl groups excluding tert-OH is 1. The third-order valence-corrected chi connectivity index (χ3v) is 1.97. The molecule has 0 saturated carbocycles. The molecular formula is C11H12FNO2. The maximum atomic E-state index is 13.1. The summed E-state index contributed by atoms with van der Waals surface area (Å²) in [7, 11) is 0. The first kappa shape index (κ1) is 11.5. The summed E-state index contributed by atoms with van der Waals surface area (Å²) < 4.78 is 18.2. The van der Waals surface area contributed by atoms with Crippen molar-refractivity contribution < 1.29 is 14.2 Å². The van der Waals surface area contributed by atoms with Crippen molar-refractivity contribution in [3.8, 4) is 11.8 Å². The molecule has 1 N–H and O–H groups in total. The molecular weight excluding hydrogens is 197 g/mol. The predicted octanol–water partition coefficient (Wildman–Crippen LogP) is 1.85. The summed E-state index contributed by atoms with van der Waals surface area (Å²) in [4.78, 5) is 0. The van der Waals surface area contributed by atoms with E-state index in [-0.39, 0.29) is 12.2 Å². The van der Waals surface area contributed by atoms with E-state index in [2.05, 4.69) is 0 Å². The van der Waals surface area contributed by atoms with Gasteiger partial charge in [0.1, 0.15) is 24.2 Å². The van der Waals surface area contributed by atoms with Crippen molar-refractivity contribution in [2.75, 3.05) is 6.61 Å². The Morgan fingerprint density at radius 2 is 2.33 bits per heavy atom. The van der Waals surface area contributed by atoms with Gasteiger partial charge >= 0.3 is 0 Å². The van der Waals surface area contributed by atoms with Crippen LogP contribution in [-0.4, -0.2) is 17.8 Å². The highest BCUT2D eigenvalue weighted by molar-refractivity contribution is 5.36. The Bertz CT molecular complexity index is 373. The molecule has 0 saturated heterocycles. The Kier molecular flexibility index (Phi) is 4.07. The normalized spacial score (nSPS) is 11.9. The van der Waals surface area contributed by atoms with Crippen LogP contribution in [0, 0.1) is 17.1 Å². The molecule has 1 rings (SSSR count). The quantitative estimate of drug-likeness (QED) is 0.823. The van der Waals surface area contributed by atoms with Gasteiger partial charge in [-0.25, -0.2) is 4.39 Å². The number of nitriles is 1. The fourth-order valence-electron chi connectivity index (χ4n) is 0.987. The van der Waals surface area contributed by atoms with Crippen molar-refractivity contribution in [2.24, 2.45) is 0 Å². The number of halogens is 1. The highest BCUT2D eigenvalue weighted by atomic mass is 19.1. The second-order valence-electron chi connectivity index (χ2n) is 3.13. The topological polar surface area (TPSA) is 53.2 Å². The third-order valence-electron chi connectivity index (χ3n) is 1.97. The summed E-state index contributed by atoms with van der Waals surface area (Å²) in [5, 5.41) is 17.7. The molecule has 0 fully saturated rings. The van der Waals surface area contributed by atoms with Crippen molar-refractivity contribution in [3.05, 3.63) is 29.6 Å². The minimum Gasteiger partial charge on any atom is -0.491 e. The zero-order valence-corrected chi connectivity index (χ0v) is 8.40. The Hall–Kier alpha value is -1.60. The van der Waals surface area contributed by atoms with Gasteiger partial charge in [-0.2, -0.15) is 5.26 Å². The van der Waals surface area contributed by atoms with E-state index in [0.29, 0.717) is 12.2 Å². The highest BCUT2D eigenvalue weighted by Crippen LogP contribution is 2.16. The highest BCUT2D eigenvalue weighted by Gasteiger charge is 2.05. The molecule has 0 radical (unpaired) electrons. The van der Waals surface area contributed by atoms with Gasteiger partial charge in [0.15, 0.2) is 0 Å². The van der Waals surface area contributed by atoms with Gasteiger partial charge < -0.3 is 9.84 Å². The zero-order chi connectivity index (χ0) is 11.3. The average Bonchev–Trinajstić information content (AvgIpc) is 2.26. The first-order valence-electron chi connectivity index (χ1n) is 4.68. The summed E-state index contributed by atoms with van der Waals surface area (Å²) in [6, 6.07) is 5.71. The molecule has 0 aliphatic carbocycles. The maximum absolute atomic E-state index is 13.1. The predicted molar refractivity (Wildman–Crippen MR) is 52.9 cm³/mol. The summed E-state index contributed by atoms with van der Waals surface area (Å²) in [5.41, 5.74) is -0.0154. The van der Waals surface area contributed by atoms with Crippen molar-refractivity contribution in [1.29, 1.82) is 5.26 Å². The number of benzene rings is 1. The number of aliphatic hydroxyl groups is 1. The van der Waals surface area contributed by atoms with Gasteiger partial charge in [0, 0.05) is 6.07 Å². The maximum Gasteiger partial charge on any atom is 0.144 e. The Labute approximate surface area is 87.7 Å². The molecule has 0 aliphatic rings. The molecule has 0 heterocycles.